The van der Waals surface area contributed by atoms with Crippen molar-refractivity contribution in [3.8, 4) is 0 Å². The van der Waals surface area contributed by atoms with Gasteiger partial charge in [-0.3, -0.25) is 19.2 Å². The lowest BCUT2D eigenvalue weighted by Gasteiger charge is -2.03. The van der Waals surface area contributed by atoms with E-state index in [1.54, 1.807) is 0 Å². The standard InChI is InChI=1S/C6H12N2O3.C5H10N2O3/c7-4(6(10)11)2-1-3-5(8)9;6-3(5(9)10)1-2-4(7)8/h4H,1-3,7H2,(H2,8,9)(H,10,11);3H,1-2,6H2,(H2,7,8)(H,9,10)/t4-;3-/m00/s1. The van der Waals surface area contributed by atoms with E-state index >= 15 is 0 Å². The summed E-state index contributed by atoms with van der Waals surface area (Å²) in [6.45, 7) is 0. The number of rotatable bonds is 9. The first-order chi connectivity index (χ1) is 9.57. The molecular weight excluding hydrogens is 284 g/mol. The second-order valence-corrected chi connectivity index (χ2v) is 4.25. The van der Waals surface area contributed by atoms with Crippen LogP contribution in [0.25, 0.3) is 0 Å². The van der Waals surface area contributed by atoms with Crippen LogP contribution < -0.4 is 22.9 Å². The minimum atomic E-state index is -1.11. The lowest BCUT2D eigenvalue weighted by molar-refractivity contribution is -0.139. The second-order valence-electron chi connectivity index (χ2n) is 4.25. The van der Waals surface area contributed by atoms with Crippen molar-refractivity contribution in [2.75, 3.05) is 0 Å². The van der Waals surface area contributed by atoms with Gasteiger partial charge in [-0.05, 0) is 19.3 Å². The molecular formula is C11H22N4O6. The highest BCUT2D eigenvalue weighted by Crippen LogP contribution is 1.97. The molecule has 0 saturated heterocycles. The van der Waals surface area contributed by atoms with Crippen molar-refractivity contribution in [2.24, 2.45) is 22.9 Å². The average Bonchev–Trinajstić information content (AvgIpc) is 2.35. The van der Waals surface area contributed by atoms with Crippen LogP contribution in [0, 0.1) is 0 Å². The quantitative estimate of drug-likeness (QED) is 0.272. The van der Waals surface area contributed by atoms with Crippen LogP contribution in [-0.4, -0.2) is 46.0 Å². The van der Waals surface area contributed by atoms with Gasteiger partial charge in [0.15, 0.2) is 0 Å². The predicted molar refractivity (Wildman–Crippen MR) is 72.7 cm³/mol. The SMILES string of the molecule is NC(=O)CCC[C@H](N)C(=O)O.NC(=O)CC[C@H](N)C(=O)O. The van der Waals surface area contributed by atoms with Crippen LogP contribution in [0.15, 0.2) is 0 Å². The summed E-state index contributed by atoms with van der Waals surface area (Å²) in [6, 6.07) is -1.86. The van der Waals surface area contributed by atoms with Crippen LogP contribution in [0.2, 0.25) is 0 Å². The molecule has 0 aliphatic rings. The zero-order valence-corrected chi connectivity index (χ0v) is 11.5. The van der Waals surface area contributed by atoms with Crippen molar-refractivity contribution in [1.82, 2.24) is 0 Å². The number of primary amides is 2. The van der Waals surface area contributed by atoms with Crippen molar-refractivity contribution in [2.45, 2.75) is 44.2 Å². The first-order valence-electron chi connectivity index (χ1n) is 6.11. The lowest BCUT2D eigenvalue weighted by Crippen LogP contribution is -2.31. The molecule has 21 heavy (non-hydrogen) atoms. The molecule has 0 aliphatic heterocycles. The zero-order valence-electron chi connectivity index (χ0n) is 11.5. The van der Waals surface area contributed by atoms with E-state index in [4.69, 9.17) is 33.1 Å². The van der Waals surface area contributed by atoms with Gasteiger partial charge in [-0.2, -0.15) is 0 Å². The summed E-state index contributed by atoms with van der Waals surface area (Å²) in [5.41, 5.74) is 19.8. The summed E-state index contributed by atoms with van der Waals surface area (Å²) in [7, 11) is 0. The molecule has 10 heteroatoms. The topological polar surface area (TPSA) is 213 Å². The normalized spacial score (nSPS) is 12.5. The molecule has 0 unspecified atom stereocenters. The van der Waals surface area contributed by atoms with Crippen LogP contribution in [0.3, 0.4) is 0 Å². The second kappa shape index (κ2) is 11.6. The molecule has 10 nitrogen and oxygen atoms in total. The van der Waals surface area contributed by atoms with E-state index in [0.29, 0.717) is 6.42 Å². The van der Waals surface area contributed by atoms with Gasteiger partial charge in [0.2, 0.25) is 11.8 Å². The smallest absolute Gasteiger partial charge is 0.320 e. The van der Waals surface area contributed by atoms with E-state index in [2.05, 4.69) is 0 Å². The Kier molecular flexibility index (Phi) is 11.7. The van der Waals surface area contributed by atoms with E-state index in [1.165, 1.54) is 0 Å². The number of hydrogen-bond donors (Lipinski definition) is 6. The van der Waals surface area contributed by atoms with Gasteiger partial charge in [0.1, 0.15) is 12.1 Å². The van der Waals surface area contributed by atoms with Crippen LogP contribution in [0.5, 0.6) is 0 Å². The molecule has 0 aromatic carbocycles. The first-order valence-corrected chi connectivity index (χ1v) is 6.11. The highest BCUT2D eigenvalue weighted by molar-refractivity contribution is 5.77. The molecule has 0 aliphatic carbocycles. The number of carboxylic acids is 2. The molecule has 0 radical (unpaired) electrons. The van der Waals surface area contributed by atoms with Crippen molar-refractivity contribution in [3.05, 3.63) is 0 Å². The van der Waals surface area contributed by atoms with E-state index in [0.717, 1.165) is 0 Å². The number of hydrogen-bond acceptors (Lipinski definition) is 6. The third-order valence-electron chi connectivity index (χ3n) is 2.27. The summed E-state index contributed by atoms with van der Waals surface area (Å²) < 4.78 is 0. The van der Waals surface area contributed by atoms with E-state index in [9.17, 15) is 19.2 Å². The molecule has 0 bridgehead atoms. The fraction of sp³-hybridized carbons (Fsp3) is 0.636. The maximum Gasteiger partial charge on any atom is 0.320 e. The number of carbonyl (C=O) groups is 4. The molecule has 0 fully saturated rings. The summed E-state index contributed by atoms with van der Waals surface area (Å²) in [5.74, 6) is -3.12. The zero-order chi connectivity index (χ0) is 17.0. The number of carbonyl (C=O) groups excluding carboxylic acids is 2. The Hall–Kier alpha value is -2.20. The van der Waals surface area contributed by atoms with Gasteiger partial charge in [0.05, 0.1) is 0 Å². The molecule has 2 atom stereocenters. The third kappa shape index (κ3) is 15.7. The van der Waals surface area contributed by atoms with Gasteiger partial charge >= 0.3 is 11.9 Å². The number of aliphatic carboxylic acids is 2. The summed E-state index contributed by atoms with van der Waals surface area (Å²) in [5, 5.41) is 16.5. The van der Waals surface area contributed by atoms with Crippen LogP contribution >= 0.6 is 0 Å². The summed E-state index contributed by atoms with van der Waals surface area (Å²) in [4.78, 5) is 40.5. The molecule has 10 N–H and O–H groups in total. The Morgan fingerprint density at radius 3 is 1.48 bits per heavy atom. The van der Waals surface area contributed by atoms with Gasteiger partial charge in [0, 0.05) is 12.8 Å². The Balaban J connectivity index is 0. The molecule has 0 saturated carbocycles. The summed E-state index contributed by atoms with van der Waals surface area (Å²) >= 11 is 0. The van der Waals surface area contributed by atoms with Crippen LogP contribution in [0.1, 0.15) is 32.1 Å². The fourth-order valence-corrected chi connectivity index (χ4v) is 1.04. The van der Waals surface area contributed by atoms with E-state index in [-0.39, 0.29) is 25.7 Å². The highest BCUT2D eigenvalue weighted by atomic mass is 16.4. The Labute approximate surface area is 121 Å². The maximum atomic E-state index is 10.2. The Morgan fingerprint density at radius 1 is 0.762 bits per heavy atom. The largest absolute Gasteiger partial charge is 0.480 e. The third-order valence-corrected chi connectivity index (χ3v) is 2.27. The van der Waals surface area contributed by atoms with E-state index < -0.39 is 35.8 Å². The first kappa shape index (κ1) is 21.1. The highest BCUT2D eigenvalue weighted by Gasteiger charge is 2.11. The Morgan fingerprint density at radius 2 is 1.14 bits per heavy atom. The molecule has 0 rings (SSSR count). The van der Waals surface area contributed by atoms with Gasteiger partial charge in [-0.15, -0.1) is 0 Å². The van der Waals surface area contributed by atoms with Crippen molar-refractivity contribution < 1.29 is 29.4 Å². The molecule has 0 aromatic rings. The molecule has 122 valence electrons. The molecule has 0 heterocycles. The van der Waals surface area contributed by atoms with Gasteiger partial charge in [-0.1, -0.05) is 0 Å². The molecule has 2 amide bonds. The Bertz CT molecular complexity index is 374. The monoisotopic (exact) mass is 306 g/mol. The van der Waals surface area contributed by atoms with Crippen LogP contribution in [-0.2, 0) is 19.2 Å². The molecule has 0 spiro atoms. The lowest BCUT2D eigenvalue weighted by atomic mass is 10.1. The minimum absolute atomic E-state index is 0.0213. The fourth-order valence-electron chi connectivity index (χ4n) is 1.04. The van der Waals surface area contributed by atoms with Crippen molar-refractivity contribution in [1.29, 1.82) is 0 Å². The van der Waals surface area contributed by atoms with Crippen molar-refractivity contribution in [3.63, 3.8) is 0 Å². The number of amides is 2. The number of carboxylic acid groups (broad SMARTS) is 2. The van der Waals surface area contributed by atoms with Crippen molar-refractivity contribution >= 4 is 23.8 Å². The average molecular weight is 306 g/mol. The van der Waals surface area contributed by atoms with Gasteiger partial charge in [0.25, 0.3) is 0 Å². The number of nitrogens with two attached hydrogens (primary N) is 4. The maximum absolute atomic E-state index is 10.2. The van der Waals surface area contributed by atoms with E-state index in [1.807, 2.05) is 0 Å². The molecule has 0 aromatic heterocycles. The predicted octanol–water partition coefficient (Wildman–Crippen LogP) is -2.28. The minimum Gasteiger partial charge on any atom is -0.480 e. The van der Waals surface area contributed by atoms with Gasteiger partial charge < -0.3 is 33.1 Å². The van der Waals surface area contributed by atoms with Gasteiger partial charge in [-0.25, -0.2) is 0 Å². The summed E-state index contributed by atoms with van der Waals surface area (Å²) in [6.07, 6.45) is 1.04. The van der Waals surface area contributed by atoms with Crippen LogP contribution in [0.4, 0.5) is 0 Å².